The molecule has 0 amide bonds. The molecule has 0 saturated heterocycles. The number of halogens is 1. The van der Waals surface area contributed by atoms with Crippen LogP contribution in [-0.4, -0.2) is 23.9 Å². The lowest BCUT2D eigenvalue weighted by atomic mass is 10.1. The Kier molecular flexibility index (Phi) is 6.23. The number of rotatable bonds is 7. The number of methoxy groups -OCH3 is 1. The van der Waals surface area contributed by atoms with Gasteiger partial charge < -0.3 is 4.74 Å². The zero-order valence-electron chi connectivity index (χ0n) is 17.0. The lowest BCUT2D eigenvalue weighted by Gasteiger charge is -2.12. The fourth-order valence-electron chi connectivity index (χ4n) is 2.74. The van der Waals surface area contributed by atoms with Crippen molar-refractivity contribution in [2.75, 3.05) is 16.6 Å². The van der Waals surface area contributed by atoms with Crippen molar-refractivity contribution in [3.05, 3.63) is 77.6 Å². The molecular formula is C21H21FN2O5S2. The molecule has 0 saturated carbocycles. The maximum atomic E-state index is 13.5. The minimum absolute atomic E-state index is 0.0304. The average molecular weight is 465 g/mol. The SMILES string of the molecule is COc1cc(S(=O)(=O)Nc2ccc(S(=O)(=O)Nc3ccc(C)c(C)c3)cc2)ccc1F. The number of sulfonamides is 2. The molecule has 0 aliphatic carbocycles. The molecule has 31 heavy (non-hydrogen) atoms. The van der Waals surface area contributed by atoms with Gasteiger partial charge in [0, 0.05) is 17.4 Å². The minimum Gasteiger partial charge on any atom is -0.494 e. The van der Waals surface area contributed by atoms with Crippen molar-refractivity contribution in [2.45, 2.75) is 23.6 Å². The summed E-state index contributed by atoms with van der Waals surface area (Å²) in [5.74, 6) is -0.894. The summed E-state index contributed by atoms with van der Waals surface area (Å²) in [5.41, 5.74) is 2.56. The van der Waals surface area contributed by atoms with E-state index >= 15 is 0 Å². The molecule has 0 unspecified atom stereocenters. The van der Waals surface area contributed by atoms with Gasteiger partial charge in [-0.3, -0.25) is 9.44 Å². The van der Waals surface area contributed by atoms with Crippen molar-refractivity contribution in [3.63, 3.8) is 0 Å². The molecule has 0 atom stereocenters. The van der Waals surface area contributed by atoms with Crippen LogP contribution in [0, 0.1) is 19.7 Å². The molecule has 0 aliphatic heterocycles. The summed E-state index contributed by atoms with van der Waals surface area (Å²) in [5, 5.41) is 0. The summed E-state index contributed by atoms with van der Waals surface area (Å²) in [6.07, 6.45) is 0. The van der Waals surface area contributed by atoms with Gasteiger partial charge in [-0.25, -0.2) is 21.2 Å². The zero-order chi connectivity index (χ0) is 22.8. The van der Waals surface area contributed by atoms with E-state index in [1.54, 1.807) is 12.1 Å². The van der Waals surface area contributed by atoms with Crippen molar-refractivity contribution in [2.24, 2.45) is 0 Å². The Morgan fingerprint density at radius 2 is 1.26 bits per heavy atom. The molecule has 0 bridgehead atoms. The summed E-state index contributed by atoms with van der Waals surface area (Å²) in [6, 6.07) is 13.6. The highest BCUT2D eigenvalue weighted by molar-refractivity contribution is 7.93. The van der Waals surface area contributed by atoms with E-state index in [0.29, 0.717) is 5.69 Å². The molecule has 0 spiro atoms. The van der Waals surface area contributed by atoms with Crippen LogP contribution in [0.15, 0.2) is 70.5 Å². The Balaban J connectivity index is 1.79. The van der Waals surface area contributed by atoms with Crippen LogP contribution in [0.1, 0.15) is 11.1 Å². The molecule has 0 aliphatic rings. The number of benzene rings is 3. The predicted octanol–water partition coefficient (Wildman–Crippen LogP) is 4.05. The summed E-state index contributed by atoms with van der Waals surface area (Å²) in [4.78, 5) is -0.226. The molecule has 3 aromatic carbocycles. The first-order chi connectivity index (χ1) is 14.5. The summed E-state index contributed by atoms with van der Waals surface area (Å²) in [7, 11) is -6.66. The van der Waals surface area contributed by atoms with Gasteiger partial charge in [0.05, 0.1) is 16.9 Å². The minimum atomic E-state index is -4.03. The quantitative estimate of drug-likeness (QED) is 0.549. The van der Waals surface area contributed by atoms with Crippen LogP contribution < -0.4 is 14.2 Å². The third-order valence-electron chi connectivity index (χ3n) is 4.61. The second kappa shape index (κ2) is 8.56. The third kappa shape index (κ3) is 5.15. The normalized spacial score (nSPS) is 11.7. The van der Waals surface area contributed by atoms with Crippen molar-refractivity contribution < 1.29 is 26.0 Å². The predicted molar refractivity (Wildman–Crippen MR) is 117 cm³/mol. The second-order valence-corrected chi connectivity index (χ2v) is 10.2. The lowest BCUT2D eigenvalue weighted by Crippen LogP contribution is -2.15. The van der Waals surface area contributed by atoms with Crippen LogP contribution in [0.2, 0.25) is 0 Å². The van der Waals surface area contributed by atoms with E-state index in [9.17, 15) is 21.2 Å². The first kappa shape index (κ1) is 22.6. The largest absolute Gasteiger partial charge is 0.494 e. The highest BCUT2D eigenvalue weighted by atomic mass is 32.2. The standard InChI is InChI=1S/C21H21FN2O5S2/c1-14-4-5-17(12-15(14)2)24-30(25,26)18-8-6-16(7-9-18)23-31(27,28)19-10-11-20(22)21(13-19)29-3/h4-13,23-24H,1-3H3. The summed E-state index contributed by atoms with van der Waals surface area (Å²) >= 11 is 0. The lowest BCUT2D eigenvalue weighted by molar-refractivity contribution is 0.385. The first-order valence-corrected chi connectivity index (χ1v) is 12.0. The van der Waals surface area contributed by atoms with Crippen LogP contribution in [0.25, 0.3) is 0 Å². The zero-order valence-corrected chi connectivity index (χ0v) is 18.6. The molecular weight excluding hydrogens is 443 g/mol. The van der Waals surface area contributed by atoms with Crippen LogP contribution >= 0.6 is 0 Å². The molecule has 2 N–H and O–H groups in total. The van der Waals surface area contributed by atoms with Gasteiger partial charge in [0.1, 0.15) is 0 Å². The number of aryl methyl sites for hydroxylation is 2. The maximum Gasteiger partial charge on any atom is 0.262 e. The van der Waals surface area contributed by atoms with Gasteiger partial charge in [-0.15, -0.1) is 0 Å². The Morgan fingerprint density at radius 3 is 1.87 bits per heavy atom. The van der Waals surface area contributed by atoms with Crippen molar-refractivity contribution in [1.82, 2.24) is 0 Å². The number of hydrogen-bond acceptors (Lipinski definition) is 5. The monoisotopic (exact) mass is 464 g/mol. The molecule has 3 rings (SSSR count). The molecule has 0 radical (unpaired) electrons. The van der Waals surface area contributed by atoms with Crippen LogP contribution in [-0.2, 0) is 20.0 Å². The number of anilines is 2. The van der Waals surface area contributed by atoms with Crippen molar-refractivity contribution in [3.8, 4) is 5.75 Å². The number of nitrogens with one attached hydrogen (secondary N) is 2. The fourth-order valence-corrected chi connectivity index (χ4v) is 4.87. The fraction of sp³-hybridized carbons (Fsp3) is 0.143. The second-order valence-electron chi connectivity index (χ2n) is 6.83. The first-order valence-electron chi connectivity index (χ1n) is 9.08. The number of ether oxygens (including phenoxy) is 1. The third-order valence-corrected chi connectivity index (χ3v) is 7.39. The van der Waals surface area contributed by atoms with Crippen LogP contribution in [0.5, 0.6) is 5.75 Å². The van der Waals surface area contributed by atoms with Gasteiger partial charge in [0.2, 0.25) is 0 Å². The van der Waals surface area contributed by atoms with E-state index in [1.165, 1.54) is 31.4 Å². The van der Waals surface area contributed by atoms with Crippen molar-refractivity contribution >= 4 is 31.4 Å². The van der Waals surface area contributed by atoms with Gasteiger partial charge in [0.25, 0.3) is 20.0 Å². The molecule has 0 aromatic heterocycles. The van der Waals surface area contributed by atoms with E-state index < -0.39 is 25.9 Å². The van der Waals surface area contributed by atoms with E-state index in [4.69, 9.17) is 4.74 Å². The molecule has 10 heteroatoms. The number of hydrogen-bond donors (Lipinski definition) is 2. The summed E-state index contributed by atoms with van der Waals surface area (Å²) in [6.45, 7) is 3.81. The van der Waals surface area contributed by atoms with Gasteiger partial charge in [0.15, 0.2) is 11.6 Å². The molecule has 164 valence electrons. The van der Waals surface area contributed by atoms with Gasteiger partial charge in [-0.05, 0) is 73.5 Å². The highest BCUT2D eigenvalue weighted by Gasteiger charge is 2.19. The highest BCUT2D eigenvalue weighted by Crippen LogP contribution is 2.25. The maximum absolute atomic E-state index is 13.5. The van der Waals surface area contributed by atoms with Crippen LogP contribution in [0.4, 0.5) is 15.8 Å². The van der Waals surface area contributed by atoms with Gasteiger partial charge in [-0.2, -0.15) is 0 Å². The smallest absolute Gasteiger partial charge is 0.262 e. The molecule has 7 nitrogen and oxygen atoms in total. The summed E-state index contributed by atoms with van der Waals surface area (Å²) < 4.78 is 73.5. The topological polar surface area (TPSA) is 102 Å². The van der Waals surface area contributed by atoms with E-state index in [1.807, 2.05) is 19.9 Å². The van der Waals surface area contributed by atoms with E-state index in [2.05, 4.69) is 9.44 Å². The Hall–Kier alpha value is -3.11. The average Bonchev–Trinajstić information content (AvgIpc) is 2.71. The van der Waals surface area contributed by atoms with Crippen LogP contribution in [0.3, 0.4) is 0 Å². The van der Waals surface area contributed by atoms with E-state index in [-0.39, 0.29) is 21.2 Å². The van der Waals surface area contributed by atoms with Crippen molar-refractivity contribution in [1.29, 1.82) is 0 Å². The van der Waals surface area contributed by atoms with Gasteiger partial charge >= 0.3 is 0 Å². The van der Waals surface area contributed by atoms with Gasteiger partial charge in [-0.1, -0.05) is 6.07 Å². The Bertz CT molecular complexity index is 1320. The Morgan fingerprint density at radius 1 is 0.710 bits per heavy atom. The molecule has 0 fully saturated rings. The Labute approximate surface area is 181 Å². The molecule has 3 aromatic rings. The molecule has 0 heterocycles. The van der Waals surface area contributed by atoms with E-state index in [0.717, 1.165) is 29.3 Å².